The largest absolute Gasteiger partial charge is 0.462 e. The Balaban J connectivity index is 1.26. The second-order valence-corrected chi connectivity index (χ2v) is 11.8. The van der Waals surface area contributed by atoms with Gasteiger partial charge in [-0.25, -0.2) is 8.78 Å². The third-order valence-corrected chi connectivity index (χ3v) is 9.11. The normalized spacial score (nSPS) is 28.0. The molecule has 2 bridgehead atoms. The highest BCUT2D eigenvalue weighted by molar-refractivity contribution is 5.92. The van der Waals surface area contributed by atoms with Gasteiger partial charge in [0.05, 0.1) is 5.69 Å². The average Bonchev–Trinajstić information content (AvgIpc) is 3.53. The first-order chi connectivity index (χ1) is 19.9. The number of likely N-dealkylation sites (tertiary alicyclic amines) is 1. The number of aromatic nitrogens is 2. The maximum absolute atomic E-state index is 14.7. The van der Waals surface area contributed by atoms with E-state index in [4.69, 9.17) is 24.9 Å². The molecular formula is C29H34F2N8O2. The quantitative estimate of drug-likeness (QED) is 0.425. The van der Waals surface area contributed by atoms with Crippen molar-refractivity contribution in [2.45, 2.75) is 62.4 Å². The zero-order valence-corrected chi connectivity index (χ0v) is 23.0. The van der Waals surface area contributed by atoms with Gasteiger partial charge in [0.2, 0.25) is 5.88 Å². The topological polar surface area (TPSA) is 128 Å². The third kappa shape index (κ3) is 4.75. The van der Waals surface area contributed by atoms with Crippen molar-refractivity contribution in [3.8, 4) is 12.1 Å². The zero-order chi connectivity index (χ0) is 28.2. The molecule has 2 aromatic heterocycles. The lowest BCUT2D eigenvalue weighted by atomic mass is 9.95. The van der Waals surface area contributed by atoms with Crippen molar-refractivity contribution in [3.05, 3.63) is 40.3 Å². The molecule has 3 saturated heterocycles. The van der Waals surface area contributed by atoms with E-state index in [0.29, 0.717) is 56.4 Å². The van der Waals surface area contributed by atoms with Crippen LogP contribution < -0.4 is 26.0 Å². The Labute approximate surface area is 236 Å². The lowest BCUT2D eigenvalue weighted by Gasteiger charge is -2.35. The van der Waals surface area contributed by atoms with Gasteiger partial charge < -0.3 is 30.4 Å². The molecule has 6 heterocycles. The van der Waals surface area contributed by atoms with E-state index < -0.39 is 12.0 Å². The second kappa shape index (κ2) is 10.4. The van der Waals surface area contributed by atoms with Crippen LogP contribution in [0.4, 0.5) is 20.5 Å². The van der Waals surface area contributed by atoms with E-state index in [9.17, 15) is 14.0 Å². The summed E-state index contributed by atoms with van der Waals surface area (Å²) in [5.41, 5.74) is 8.71. The number of fused-ring (bicyclic) bond motifs is 4. The molecule has 10 nitrogen and oxygen atoms in total. The van der Waals surface area contributed by atoms with Crippen molar-refractivity contribution in [1.82, 2.24) is 25.5 Å². The Bertz CT molecular complexity index is 1510. The molecule has 1 aromatic carbocycles. The Hall–Kier alpha value is -3.53. The number of furan rings is 1. The van der Waals surface area contributed by atoms with E-state index in [1.165, 1.54) is 6.07 Å². The van der Waals surface area contributed by atoms with Crippen LogP contribution in [0.5, 0.6) is 6.01 Å². The Morgan fingerprint density at radius 3 is 2.76 bits per heavy atom. The minimum absolute atomic E-state index is 0.0154. The first-order valence-corrected chi connectivity index (χ1v) is 14.4. The highest BCUT2D eigenvalue weighted by atomic mass is 19.1. The summed E-state index contributed by atoms with van der Waals surface area (Å²) in [4.78, 5) is 14.2. The van der Waals surface area contributed by atoms with Gasteiger partial charge in [0, 0.05) is 61.2 Å². The van der Waals surface area contributed by atoms with Crippen LogP contribution in [-0.2, 0) is 12.8 Å². The highest BCUT2D eigenvalue weighted by Gasteiger charge is 2.36. The second-order valence-electron chi connectivity index (χ2n) is 11.8. The Kier molecular flexibility index (Phi) is 6.68. The molecule has 7 rings (SSSR count). The molecule has 0 amide bonds. The number of hydrogen-bond acceptors (Lipinski definition) is 10. The number of ether oxygens (including phenoxy) is 1. The molecule has 4 aliphatic heterocycles. The number of nitrogens with one attached hydrogen (secondary N) is 2. The summed E-state index contributed by atoms with van der Waals surface area (Å²) in [5, 5.41) is 17.4. The van der Waals surface area contributed by atoms with E-state index in [0.717, 1.165) is 48.6 Å². The molecule has 5 atom stereocenters. The van der Waals surface area contributed by atoms with Crippen molar-refractivity contribution >= 4 is 22.7 Å². The zero-order valence-electron chi connectivity index (χ0n) is 23.0. The van der Waals surface area contributed by atoms with Crippen molar-refractivity contribution in [1.29, 1.82) is 5.26 Å². The lowest BCUT2D eigenvalue weighted by Crippen LogP contribution is -2.51. The van der Waals surface area contributed by atoms with E-state index >= 15 is 0 Å². The Morgan fingerprint density at radius 2 is 2.02 bits per heavy atom. The van der Waals surface area contributed by atoms with Crippen LogP contribution in [0.1, 0.15) is 47.7 Å². The van der Waals surface area contributed by atoms with Gasteiger partial charge in [-0.05, 0) is 50.9 Å². The molecule has 12 heteroatoms. The fourth-order valence-electron chi connectivity index (χ4n) is 7.07. The van der Waals surface area contributed by atoms with Crippen LogP contribution in [-0.4, -0.2) is 79.0 Å². The number of nitrogen functional groups attached to an aromatic ring is 1. The number of nitrogens with two attached hydrogens (primary N) is 1. The van der Waals surface area contributed by atoms with E-state index in [1.807, 2.05) is 11.9 Å². The summed E-state index contributed by atoms with van der Waals surface area (Å²) in [5.74, 6) is 0.236. The van der Waals surface area contributed by atoms with E-state index in [-0.39, 0.29) is 35.1 Å². The summed E-state index contributed by atoms with van der Waals surface area (Å²) in [6, 6.07) is 5.95. The van der Waals surface area contributed by atoms with Crippen LogP contribution in [0.2, 0.25) is 0 Å². The maximum Gasteiger partial charge on any atom is 0.318 e. The molecule has 4 aliphatic rings. The fraction of sp³-hybridized carbons (Fsp3) is 0.552. The maximum atomic E-state index is 14.7. The number of halogens is 2. The minimum atomic E-state index is -0.858. The van der Waals surface area contributed by atoms with Gasteiger partial charge in [0.1, 0.15) is 30.2 Å². The molecule has 3 aromatic rings. The molecule has 3 fully saturated rings. The summed E-state index contributed by atoms with van der Waals surface area (Å²) >= 11 is 0. The smallest absolute Gasteiger partial charge is 0.318 e. The summed E-state index contributed by atoms with van der Waals surface area (Å²) in [7, 11) is 1.91. The van der Waals surface area contributed by atoms with Gasteiger partial charge in [0.15, 0.2) is 11.4 Å². The van der Waals surface area contributed by atoms with Crippen molar-refractivity contribution < 1.29 is 17.9 Å². The Morgan fingerprint density at radius 1 is 1.22 bits per heavy atom. The van der Waals surface area contributed by atoms with Gasteiger partial charge in [0.25, 0.3) is 0 Å². The monoisotopic (exact) mass is 564 g/mol. The molecule has 41 heavy (non-hydrogen) atoms. The minimum Gasteiger partial charge on any atom is -0.462 e. The number of piperazine rings is 1. The van der Waals surface area contributed by atoms with Crippen LogP contribution >= 0.6 is 0 Å². The van der Waals surface area contributed by atoms with E-state index in [1.54, 1.807) is 6.07 Å². The number of nitriles is 1. The molecular weight excluding hydrogens is 530 g/mol. The van der Waals surface area contributed by atoms with Crippen molar-refractivity contribution in [2.24, 2.45) is 0 Å². The summed E-state index contributed by atoms with van der Waals surface area (Å²) in [6.45, 7) is 3.08. The number of nitrogens with zero attached hydrogens (tertiary/aromatic N) is 5. The molecule has 0 saturated carbocycles. The van der Waals surface area contributed by atoms with E-state index in [2.05, 4.69) is 21.6 Å². The predicted molar refractivity (Wildman–Crippen MR) is 149 cm³/mol. The molecule has 216 valence electrons. The number of anilines is 2. The van der Waals surface area contributed by atoms with Crippen LogP contribution in [0, 0.1) is 17.1 Å². The third-order valence-electron chi connectivity index (χ3n) is 9.11. The lowest BCUT2D eigenvalue weighted by molar-refractivity contribution is 0.187. The molecule has 0 spiro atoms. The van der Waals surface area contributed by atoms with Crippen LogP contribution in [0.15, 0.2) is 16.5 Å². The predicted octanol–water partition coefficient (Wildman–Crippen LogP) is 2.61. The first-order valence-electron chi connectivity index (χ1n) is 14.4. The van der Waals surface area contributed by atoms with Gasteiger partial charge in [-0.15, -0.1) is 0 Å². The molecule has 3 unspecified atom stereocenters. The molecule has 0 radical (unpaired) electrons. The van der Waals surface area contributed by atoms with Gasteiger partial charge in [-0.3, -0.25) is 4.90 Å². The highest BCUT2D eigenvalue weighted by Crippen LogP contribution is 2.38. The number of hydrogen-bond donors (Lipinski definition) is 3. The van der Waals surface area contributed by atoms with Crippen LogP contribution in [0.25, 0.3) is 11.0 Å². The molecule has 4 N–H and O–H groups in total. The van der Waals surface area contributed by atoms with Gasteiger partial charge in [-0.2, -0.15) is 15.2 Å². The fourth-order valence-corrected chi connectivity index (χ4v) is 7.07. The standard InChI is InChI=1S/C29H34F2N8O2/c1-38-11-15(30)8-18(38)14-40-29-36-24-9-23(19-4-5-22(31)26-25(19)21(10-32)27(33)41-26)34-7-6-20(24)28(37-29)39-12-16-2-3-17(13-39)35-16/h4-5,15-18,23,34-35H,2-3,6-9,11-14,33H2,1H3/t15-,16?,17?,18+,23?/m1/s1. The van der Waals surface area contributed by atoms with Crippen molar-refractivity contribution in [3.63, 3.8) is 0 Å². The average molecular weight is 565 g/mol. The summed E-state index contributed by atoms with van der Waals surface area (Å²) < 4.78 is 40.3. The molecule has 0 aliphatic carbocycles. The number of likely N-dealkylation sites (N-methyl/N-ethyl adjacent to an activating group) is 1. The van der Waals surface area contributed by atoms with Gasteiger partial charge >= 0.3 is 6.01 Å². The van der Waals surface area contributed by atoms with Crippen LogP contribution in [0.3, 0.4) is 0 Å². The number of alkyl halides is 1. The summed E-state index contributed by atoms with van der Waals surface area (Å²) in [6.07, 6.45) is 3.05. The SMILES string of the molecule is CN1C[C@H](F)C[C@H]1COc1nc2c(c(N3CC4CCC(C3)N4)n1)CCNC(c1ccc(F)c3oc(N)c(C#N)c13)C2. The number of rotatable bonds is 5. The number of benzene rings is 1. The van der Waals surface area contributed by atoms with Gasteiger partial charge in [-0.1, -0.05) is 6.07 Å². The first kappa shape index (κ1) is 26.4. The van der Waals surface area contributed by atoms with Crippen molar-refractivity contribution in [2.75, 3.05) is 50.5 Å².